The van der Waals surface area contributed by atoms with Gasteiger partial charge in [-0.2, -0.15) is 13.2 Å². The second kappa shape index (κ2) is 5.38. The summed E-state index contributed by atoms with van der Waals surface area (Å²) in [5.41, 5.74) is 2.58. The van der Waals surface area contributed by atoms with Crippen LogP contribution in [0.15, 0.2) is 48.5 Å². The van der Waals surface area contributed by atoms with Crippen LogP contribution < -0.4 is 0 Å². The molecule has 4 heteroatoms. The van der Waals surface area contributed by atoms with Gasteiger partial charge in [0, 0.05) is 18.5 Å². The molecule has 0 aliphatic carbocycles. The largest absolute Gasteiger partial charge is 0.416 e. The highest BCUT2D eigenvalue weighted by Crippen LogP contribution is 2.45. The minimum atomic E-state index is -4.28. The van der Waals surface area contributed by atoms with Crippen molar-refractivity contribution in [1.29, 1.82) is 0 Å². The lowest BCUT2D eigenvalue weighted by molar-refractivity contribution is -0.137. The fraction of sp³-hybridized carbons (Fsp3) is 0.368. The monoisotopic (exact) mass is 317 g/mol. The Morgan fingerprint density at radius 1 is 0.957 bits per heavy atom. The summed E-state index contributed by atoms with van der Waals surface area (Å²) in [5, 5.41) is 0. The summed E-state index contributed by atoms with van der Waals surface area (Å²) in [6.07, 6.45) is -2.27. The molecule has 2 heterocycles. The van der Waals surface area contributed by atoms with Gasteiger partial charge in [0.05, 0.1) is 5.56 Å². The zero-order valence-corrected chi connectivity index (χ0v) is 12.7. The molecule has 2 aliphatic heterocycles. The van der Waals surface area contributed by atoms with Gasteiger partial charge in [-0.3, -0.25) is 4.90 Å². The van der Waals surface area contributed by atoms with Gasteiger partial charge in [-0.05, 0) is 48.2 Å². The molecule has 1 fully saturated rings. The molecule has 2 aromatic carbocycles. The van der Waals surface area contributed by atoms with Gasteiger partial charge < -0.3 is 0 Å². The highest BCUT2D eigenvalue weighted by Gasteiger charge is 2.39. The van der Waals surface area contributed by atoms with Crippen molar-refractivity contribution in [2.45, 2.75) is 31.0 Å². The number of rotatable bonds is 1. The lowest BCUT2D eigenvalue weighted by Gasteiger charge is -2.38. The van der Waals surface area contributed by atoms with E-state index in [1.54, 1.807) is 6.07 Å². The van der Waals surface area contributed by atoms with Gasteiger partial charge in [-0.15, -0.1) is 0 Å². The molecule has 4 rings (SSSR count). The number of nitrogens with zero attached hydrogens (tertiary/aromatic N) is 1. The smallest absolute Gasteiger partial charge is 0.295 e. The van der Waals surface area contributed by atoms with Gasteiger partial charge in [0.2, 0.25) is 0 Å². The van der Waals surface area contributed by atoms with Gasteiger partial charge in [0.1, 0.15) is 0 Å². The van der Waals surface area contributed by atoms with Gasteiger partial charge in [0.15, 0.2) is 0 Å². The Balaban J connectivity index is 1.84. The van der Waals surface area contributed by atoms with Crippen LogP contribution in [0.5, 0.6) is 0 Å². The molecule has 23 heavy (non-hydrogen) atoms. The maximum Gasteiger partial charge on any atom is 0.416 e. The molecular weight excluding hydrogens is 299 g/mol. The van der Waals surface area contributed by atoms with Crippen LogP contribution >= 0.6 is 0 Å². The second-order valence-electron chi connectivity index (χ2n) is 6.46. The fourth-order valence-corrected chi connectivity index (χ4v) is 4.06. The Hall–Kier alpha value is -1.81. The molecule has 0 bridgehead atoms. The van der Waals surface area contributed by atoms with Crippen LogP contribution in [0, 0.1) is 0 Å². The van der Waals surface area contributed by atoms with Crippen molar-refractivity contribution in [3.05, 3.63) is 70.8 Å². The van der Waals surface area contributed by atoms with Crippen molar-refractivity contribution in [3.8, 4) is 0 Å². The third-order valence-corrected chi connectivity index (χ3v) is 5.13. The van der Waals surface area contributed by atoms with Crippen LogP contribution in [-0.2, 0) is 6.18 Å². The molecule has 0 unspecified atom stereocenters. The Bertz CT molecular complexity index is 708. The first kappa shape index (κ1) is 14.8. The molecule has 0 spiro atoms. The lowest BCUT2D eigenvalue weighted by Crippen LogP contribution is -2.34. The second-order valence-corrected chi connectivity index (χ2v) is 6.46. The standard InChI is InChI=1S/C19H18F3N/c20-19(21,22)14-8-9-15-16(11-14)18-7-4-10-23(18)12-17(15)13-5-2-1-3-6-13/h1-3,5-6,8-9,11,17-18H,4,7,10,12H2/t17-,18-/m0/s1. The Labute approximate surface area is 133 Å². The van der Waals surface area contributed by atoms with Crippen LogP contribution in [0.4, 0.5) is 13.2 Å². The number of hydrogen-bond donors (Lipinski definition) is 0. The zero-order chi connectivity index (χ0) is 16.0. The average Bonchev–Trinajstić information content (AvgIpc) is 3.02. The van der Waals surface area contributed by atoms with Crippen LogP contribution in [0.25, 0.3) is 0 Å². The lowest BCUT2D eigenvalue weighted by atomic mass is 9.81. The molecule has 0 aromatic heterocycles. The normalized spacial score (nSPS) is 24.3. The Kier molecular flexibility index (Phi) is 3.45. The summed E-state index contributed by atoms with van der Waals surface area (Å²) < 4.78 is 39.3. The van der Waals surface area contributed by atoms with Gasteiger partial charge in [-0.1, -0.05) is 36.4 Å². The predicted octanol–water partition coefficient (Wildman–Crippen LogP) is 4.99. The molecule has 0 radical (unpaired) electrons. The van der Waals surface area contributed by atoms with E-state index in [9.17, 15) is 13.2 Å². The molecule has 0 amide bonds. The van der Waals surface area contributed by atoms with Gasteiger partial charge >= 0.3 is 6.18 Å². The zero-order valence-electron chi connectivity index (χ0n) is 12.7. The fourth-order valence-electron chi connectivity index (χ4n) is 4.06. The minimum absolute atomic E-state index is 0.146. The van der Waals surface area contributed by atoms with E-state index >= 15 is 0 Å². The highest BCUT2D eigenvalue weighted by molar-refractivity contribution is 5.45. The van der Waals surface area contributed by atoms with Gasteiger partial charge in [0.25, 0.3) is 0 Å². The molecule has 2 aliphatic rings. The first-order chi connectivity index (χ1) is 11.0. The Morgan fingerprint density at radius 3 is 2.48 bits per heavy atom. The van der Waals surface area contributed by atoms with Crippen molar-refractivity contribution in [2.75, 3.05) is 13.1 Å². The number of hydrogen-bond acceptors (Lipinski definition) is 1. The van der Waals surface area contributed by atoms with Crippen LogP contribution in [-0.4, -0.2) is 18.0 Å². The topological polar surface area (TPSA) is 3.24 Å². The van der Waals surface area contributed by atoms with E-state index in [0.717, 1.165) is 37.1 Å². The van der Waals surface area contributed by atoms with Crippen molar-refractivity contribution in [2.24, 2.45) is 0 Å². The first-order valence-corrected chi connectivity index (χ1v) is 8.04. The van der Waals surface area contributed by atoms with Crippen LogP contribution in [0.1, 0.15) is 47.1 Å². The summed E-state index contributed by atoms with van der Waals surface area (Å²) in [6.45, 7) is 1.87. The average molecular weight is 317 g/mol. The molecule has 2 aromatic rings. The van der Waals surface area contributed by atoms with E-state index in [0.29, 0.717) is 0 Å². The van der Waals surface area contributed by atoms with E-state index < -0.39 is 11.7 Å². The molecular formula is C19H18F3N. The Morgan fingerprint density at radius 2 is 1.74 bits per heavy atom. The quantitative estimate of drug-likeness (QED) is 0.716. The molecule has 120 valence electrons. The third kappa shape index (κ3) is 2.55. The number of fused-ring (bicyclic) bond motifs is 3. The SMILES string of the molecule is FC(F)(F)c1ccc2c(c1)[C@@H]1CCCN1C[C@H]2c1ccccc1. The molecule has 1 nitrogen and oxygen atoms in total. The maximum atomic E-state index is 13.1. The van der Waals surface area contributed by atoms with Crippen molar-refractivity contribution < 1.29 is 13.2 Å². The third-order valence-electron chi connectivity index (χ3n) is 5.13. The number of benzene rings is 2. The van der Waals surface area contributed by atoms with E-state index in [1.807, 2.05) is 18.2 Å². The van der Waals surface area contributed by atoms with Crippen LogP contribution in [0.3, 0.4) is 0 Å². The molecule has 1 saturated heterocycles. The van der Waals surface area contributed by atoms with Crippen molar-refractivity contribution in [3.63, 3.8) is 0 Å². The first-order valence-electron chi connectivity index (χ1n) is 8.04. The van der Waals surface area contributed by atoms with E-state index in [1.165, 1.54) is 17.7 Å². The summed E-state index contributed by atoms with van der Waals surface area (Å²) in [6, 6.07) is 14.6. The molecule has 0 saturated carbocycles. The van der Waals surface area contributed by atoms with E-state index in [2.05, 4.69) is 17.0 Å². The maximum absolute atomic E-state index is 13.1. The number of alkyl halides is 3. The molecule has 0 N–H and O–H groups in total. The summed E-state index contributed by atoms with van der Waals surface area (Å²) in [7, 11) is 0. The van der Waals surface area contributed by atoms with Gasteiger partial charge in [-0.25, -0.2) is 0 Å². The van der Waals surface area contributed by atoms with Crippen molar-refractivity contribution >= 4 is 0 Å². The van der Waals surface area contributed by atoms with Crippen LogP contribution in [0.2, 0.25) is 0 Å². The summed E-state index contributed by atoms with van der Waals surface area (Å²) in [4.78, 5) is 2.35. The van der Waals surface area contributed by atoms with E-state index in [-0.39, 0.29) is 12.0 Å². The van der Waals surface area contributed by atoms with Crippen molar-refractivity contribution in [1.82, 2.24) is 4.90 Å². The predicted molar refractivity (Wildman–Crippen MR) is 83.3 cm³/mol. The van der Waals surface area contributed by atoms with E-state index in [4.69, 9.17) is 0 Å². The molecule has 2 atom stereocenters. The summed E-state index contributed by atoms with van der Waals surface area (Å²) >= 11 is 0. The number of halogens is 3. The minimum Gasteiger partial charge on any atom is -0.295 e. The summed E-state index contributed by atoms with van der Waals surface area (Å²) in [5.74, 6) is 0.155. The highest BCUT2D eigenvalue weighted by atomic mass is 19.4.